The zero-order chi connectivity index (χ0) is 29.1. The molecular weight excluding hydrogens is 577 g/mol. The molecule has 9 nitrogen and oxygen atoms in total. The first kappa shape index (κ1) is 28.2. The fourth-order valence-corrected chi connectivity index (χ4v) is 5.87. The minimum Gasteiger partial charge on any atom is -0.493 e. The number of carbonyl (C=O) groups is 1. The number of rotatable bonds is 9. The van der Waals surface area contributed by atoms with Crippen molar-refractivity contribution < 1.29 is 19.0 Å². The van der Waals surface area contributed by atoms with Crippen molar-refractivity contribution in [1.29, 1.82) is 0 Å². The molecule has 1 amide bonds. The second kappa shape index (κ2) is 12.5. The summed E-state index contributed by atoms with van der Waals surface area (Å²) < 4.78 is 19.4. The normalized spacial score (nSPS) is 17.5. The summed E-state index contributed by atoms with van der Waals surface area (Å²) in [6.45, 7) is 1.79. The fraction of sp³-hybridized carbons (Fsp3) is 0.323. The molecule has 11 heteroatoms. The SMILES string of the molecule is COc1cc(C2c3[nH]c4c(c3CCN2C(=O)Oc2ccc(Cl)cc2)=CC(Cl)CC=4)ccc1OCCCCn1cncn1. The molecule has 1 N–H and O–H groups in total. The molecule has 1 aliphatic carbocycles. The molecule has 0 saturated heterocycles. The Morgan fingerprint density at radius 2 is 2.00 bits per heavy atom. The lowest BCUT2D eigenvalue weighted by Gasteiger charge is -2.35. The number of methoxy groups -OCH3 is 1. The number of halogens is 2. The van der Waals surface area contributed by atoms with E-state index in [9.17, 15) is 4.79 Å². The van der Waals surface area contributed by atoms with Crippen LogP contribution in [0.3, 0.4) is 0 Å². The number of carbonyl (C=O) groups excluding carboxylic acids is 1. The van der Waals surface area contributed by atoms with E-state index >= 15 is 0 Å². The van der Waals surface area contributed by atoms with E-state index in [2.05, 4.69) is 27.2 Å². The van der Waals surface area contributed by atoms with Crippen LogP contribution >= 0.6 is 23.2 Å². The maximum atomic E-state index is 13.6. The number of hydrogen-bond acceptors (Lipinski definition) is 6. The highest BCUT2D eigenvalue weighted by molar-refractivity contribution is 6.30. The van der Waals surface area contributed by atoms with Gasteiger partial charge in [0.05, 0.1) is 19.1 Å². The molecule has 2 aliphatic rings. The van der Waals surface area contributed by atoms with Crippen molar-refractivity contribution in [2.45, 2.75) is 43.6 Å². The summed E-state index contributed by atoms with van der Waals surface area (Å²) in [5.74, 6) is 1.67. The van der Waals surface area contributed by atoms with Gasteiger partial charge in [-0.05, 0) is 73.2 Å². The van der Waals surface area contributed by atoms with Gasteiger partial charge in [0.2, 0.25) is 0 Å². The molecule has 218 valence electrons. The number of aromatic nitrogens is 4. The Balaban J connectivity index is 1.28. The van der Waals surface area contributed by atoms with Gasteiger partial charge in [-0.1, -0.05) is 29.8 Å². The van der Waals surface area contributed by atoms with Gasteiger partial charge >= 0.3 is 6.09 Å². The summed E-state index contributed by atoms with van der Waals surface area (Å²) in [4.78, 5) is 22.9. The Morgan fingerprint density at radius 1 is 1.14 bits per heavy atom. The maximum absolute atomic E-state index is 13.6. The molecule has 0 saturated carbocycles. The number of aryl methyl sites for hydroxylation is 1. The van der Waals surface area contributed by atoms with E-state index < -0.39 is 12.1 Å². The predicted molar refractivity (Wildman–Crippen MR) is 161 cm³/mol. The Morgan fingerprint density at radius 3 is 2.79 bits per heavy atom. The smallest absolute Gasteiger partial charge is 0.416 e. The minimum absolute atomic E-state index is 0.0588. The van der Waals surface area contributed by atoms with Gasteiger partial charge in [-0.15, -0.1) is 11.6 Å². The van der Waals surface area contributed by atoms with Gasteiger partial charge in [0.25, 0.3) is 0 Å². The van der Waals surface area contributed by atoms with Gasteiger partial charge in [-0.2, -0.15) is 5.10 Å². The topological polar surface area (TPSA) is 94.5 Å². The second-order valence-corrected chi connectivity index (χ2v) is 11.3. The third kappa shape index (κ3) is 5.98. The van der Waals surface area contributed by atoms with E-state index in [1.54, 1.807) is 47.3 Å². The van der Waals surface area contributed by atoms with E-state index in [-0.39, 0.29) is 5.38 Å². The number of nitrogens with zero attached hydrogens (tertiary/aromatic N) is 4. The number of nitrogens with one attached hydrogen (secondary N) is 1. The summed E-state index contributed by atoms with van der Waals surface area (Å²) >= 11 is 12.5. The van der Waals surface area contributed by atoms with Crippen LogP contribution in [0.15, 0.2) is 55.1 Å². The van der Waals surface area contributed by atoms with E-state index in [0.717, 1.165) is 47.6 Å². The van der Waals surface area contributed by atoms with Crippen molar-refractivity contribution in [2.24, 2.45) is 0 Å². The summed E-state index contributed by atoms with van der Waals surface area (Å²) in [6.07, 6.45) is 10.2. The molecule has 3 heterocycles. The van der Waals surface area contributed by atoms with Crippen LogP contribution < -0.4 is 24.8 Å². The van der Waals surface area contributed by atoms with Crippen molar-refractivity contribution in [2.75, 3.05) is 20.3 Å². The van der Waals surface area contributed by atoms with Crippen molar-refractivity contribution in [3.63, 3.8) is 0 Å². The Bertz CT molecular complexity index is 1670. The Labute approximate surface area is 253 Å². The second-order valence-electron chi connectivity index (χ2n) is 10.3. The van der Waals surface area contributed by atoms with E-state index in [4.69, 9.17) is 37.4 Å². The average Bonchev–Trinajstić information content (AvgIpc) is 3.65. The third-order valence-electron chi connectivity index (χ3n) is 7.55. The number of unbranched alkanes of at least 4 members (excludes halogenated alkanes) is 1. The van der Waals surface area contributed by atoms with Gasteiger partial charge in [0.1, 0.15) is 24.4 Å². The van der Waals surface area contributed by atoms with E-state index in [1.165, 1.54) is 11.9 Å². The van der Waals surface area contributed by atoms with Crippen molar-refractivity contribution in [3.05, 3.63) is 87.5 Å². The van der Waals surface area contributed by atoms with Crippen LogP contribution in [-0.2, 0) is 13.0 Å². The van der Waals surface area contributed by atoms with Crippen LogP contribution in [0.5, 0.6) is 17.2 Å². The molecule has 0 spiro atoms. The van der Waals surface area contributed by atoms with E-state index in [1.807, 2.05) is 18.2 Å². The lowest BCUT2D eigenvalue weighted by molar-refractivity contribution is 0.135. The van der Waals surface area contributed by atoms with E-state index in [0.29, 0.717) is 41.8 Å². The van der Waals surface area contributed by atoms with Gasteiger partial charge in [-0.25, -0.2) is 9.78 Å². The number of H-pyrrole nitrogens is 1. The summed E-state index contributed by atoms with van der Waals surface area (Å²) in [6, 6.07) is 12.1. The van der Waals surface area contributed by atoms with Crippen LogP contribution in [-0.4, -0.2) is 56.4 Å². The molecule has 0 radical (unpaired) electrons. The van der Waals surface area contributed by atoms with Crippen molar-refractivity contribution >= 4 is 41.4 Å². The fourth-order valence-electron chi connectivity index (χ4n) is 5.53. The monoisotopic (exact) mass is 607 g/mol. The number of ether oxygens (including phenoxy) is 3. The van der Waals surface area contributed by atoms with Crippen LogP contribution in [0.25, 0.3) is 12.2 Å². The molecular formula is C31H31Cl2N5O4. The highest BCUT2D eigenvalue weighted by atomic mass is 35.5. The van der Waals surface area contributed by atoms with Crippen LogP contribution in [0.4, 0.5) is 4.79 Å². The zero-order valence-corrected chi connectivity index (χ0v) is 24.6. The van der Waals surface area contributed by atoms with Gasteiger partial charge in [0, 0.05) is 34.4 Å². The molecule has 42 heavy (non-hydrogen) atoms. The van der Waals surface area contributed by atoms with Crippen LogP contribution in [0.1, 0.15) is 42.1 Å². The first-order valence-electron chi connectivity index (χ1n) is 13.9. The molecule has 0 bridgehead atoms. The van der Waals surface area contributed by atoms with Crippen LogP contribution in [0.2, 0.25) is 5.02 Å². The van der Waals surface area contributed by atoms with Crippen molar-refractivity contribution in [3.8, 4) is 17.2 Å². The summed E-state index contributed by atoms with van der Waals surface area (Å²) in [5.41, 5.74) is 2.99. The number of amides is 1. The summed E-state index contributed by atoms with van der Waals surface area (Å²) in [5, 5.41) is 6.79. The quantitative estimate of drug-likeness (QED) is 0.216. The molecule has 2 aromatic carbocycles. The minimum atomic E-state index is -0.449. The standard InChI is InChI=1S/C31H31Cl2N5O4/c1-40-28-16-20(4-11-27(28)41-15-3-2-13-37-19-34-18-35-37)30-29-24(25-17-22(33)7-10-26(25)36-29)12-14-38(30)31(39)42-23-8-5-21(32)6-9-23/h4-6,8-11,16-19,22,30,36H,2-3,7,12-15H2,1H3. The Hall–Kier alpha value is -3.95. The number of benzene rings is 2. The lowest BCUT2D eigenvalue weighted by atomic mass is 9.92. The lowest BCUT2D eigenvalue weighted by Crippen LogP contribution is -2.43. The number of alkyl halides is 1. The molecule has 2 atom stereocenters. The third-order valence-corrected chi connectivity index (χ3v) is 8.11. The molecule has 2 aromatic heterocycles. The molecule has 2 unspecified atom stereocenters. The van der Waals surface area contributed by atoms with Gasteiger partial charge < -0.3 is 19.2 Å². The Kier molecular flexibility index (Phi) is 8.39. The first-order chi connectivity index (χ1) is 20.5. The zero-order valence-electron chi connectivity index (χ0n) is 23.1. The molecule has 1 aliphatic heterocycles. The number of hydrogen-bond donors (Lipinski definition) is 1. The predicted octanol–water partition coefficient (Wildman–Crippen LogP) is 4.85. The van der Waals surface area contributed by atoms with Gasteiger partial charge in [0.15, 0.2) is 11.5 Å². The average molecular weight is 609 g/mol. The van der Waals surface area contributed by atoms with Gasteiger partial charge in [-0.3, -0.25) is 9.58 Å². The molecule has 0 fully saturated rings. The van der Waals surface area contributed by atoms with Crippen molar-refractivity contribution in [1.82, 2.24) is 24.6 Å². The first-order valence-corrected chi connectivity index (χ1v) is 14.8. The highest BCUT2D eigenvalue weighted by Crippen LogP contribution is 2.38. The number of aromatic amines is 1. The summed E-state index contributed by atoms with van der Waals surface area (Å²) in [7, 11) is 1.62. The molecule has 6 rings (SSSR count). The molecule has 4 aromatic rings. The largest absolute Gasteiger partial charge is 0.493 e. The van der Waals surface area contributed by atoms with Crippen LogP contribution in [0, 0.1) is 0 Å². The highest BCUT2D eigenvalue weighted by Gasteiger charge is 2.36. The number of fused-ring (bicyclic) bond motifs is 3. The maximum Gasteiger partial charge on any atom is 0.416 e.